The average molecular weight is 556 g/mol. The van der Waals surface area contributed by atoms with Gasteiger partial charge in [-0.3, -0.25) is 13.6 Å². The maximum absolute atomic E-state index is 7.75. The van der Waals surface area contributed by atoms with Gasteiger partial charge < -0.3 is 30.9 Å². The van der Waals surface area contributed by atoms with Crippen molar-refractivity contribution in [3.8, 4) is 0 Å². The molecule has 6 nitrogen and oxygen atoms in total. The molecule has 2 unspecified atom stereocenters. The van der Waals surface area contributed by atoms with Crippen LogP contribution >= 0.6 is 0 Å². The summed E-state index contributed by atoms with van der Waals surface area (Å²) < 4.78 is 0. The van der Waals surface area contributed by atoms with Crippen molar-refractivity contribution >= 4 is 13.6 Å². The molecule has 0 rings (SSSR count). The molecular formula is C26H54N4O2Ru. The Morgan fingerprint density at radius 3 is 1.00 bits per heavy atom. The van der Waals surface area contributed by atoms with Crippen LogP contribution in [-0.4, -0.2) is 50.1 Å². The van der Waals surface area contributed by atoms with E-state index < -0.39 is 0 Å². The molecule has 0 aliphatic carbocycles. The predicted octanol–water partition coefficient (Wildman–Crippen LogP) is 8.08. The van der Waals surface area contributed by atoms with Gasteiger partial charge in [0, 0.05) is 0 Å². The van der Waals surface area contributed by atoms with Crippen LogP contribution in [0, 0.1) is 11.8 Å². The summed E-state index contributed by atoms with van der Waals surface area (Å²) in [6.45, 7) is 34.6. The van der Waals surface area contributed by atoms with E-state index in [0.29, 0.717) is 11.8 Å². The van der Waals surface area contributed by atoms with E-state index in [9.17, 15) is 0 Å². The standard InChI is InChI=1S/2C12H26N2.2CHO.Ru/c2*1-7-9-13-11(10(3)4)14-12(5,6)8-2;2*1-2;/h2*10-11H,7-9H2,1-6H3;2*1H;/q2*-2;2*-1;+6. The van der Waals surface area contributed by atoms with Gasteiger partial charge in [-0.05, 0) is 0 Å². The number of hydrogen-bond acceptors (Lipinski definition) is 2. The quantitative estimate of drug-likeness (QED) is 0.123. The maximum Gasteiger partial charge on any atom is 6.00 e. The maximum atomic E-state index is 7.75. The predicted molar refractivity (Wildman–Crippen MR) is 143 cm³/mol. The van der Waals surface area contributed by atoms with E-state index >= 15 is 0 Å². The molecule has 0 saturated carbocycles. The second-order valence-electron chi connectivity index (χ2n) is 9.72. The van der Waals surface area contributed by atoms with Gasteiger partial charge in [-0.25, -0.2) is 12.3 Å². The fourth-order valence-corrected chi connectivity index (χ4v) is 2.22. The van der Waals surface area contributed by atoms with Gasteiger partial charge in [-0.15, -0.1) is 11.1 Å². The third kappa shape index (κ3) is 27.9. The van der Waals surface area contributed by atoms with E-state index in [1.807, 2.05) is 0 Å². The molecule has 0 heterocycles. The Morgan fingerprint density at radius 2 is 0.848 bits per heavy atom. The molecule has 0 aromatic heterocycles. The van der Waals surface area contributed by atoms with Crippen LogP contribution < -0.4 is 0 Å². The second kappa shape index (κ2) is 26.4. The minimum Gasteiger partial charge on any atom is -0.678 e. The Labute approximate surface area is 220 Å². The van der Waals surface area contributed by atoms with Crippen molar-refractivity contribution in [1.82, 2.24) is 0 Å². The molecule has 0 fully saturated rings. The summed E-state index contributed by atoms with van der Waals surface area (Å²) in [4.78, 5) is 15.5. The third-order valence-electron chi connectivity index (χ3n) is 4.97. The minimum atomic E-state index is 0. The van der Waals surface area contributed by atoms with Crippen LogP contribution in [0.5, 0.6) is 0 Å². The molecule has 0 aliphatic rings. The zero-order chi connectivity index (χ0) is 26.4. The molecule has 0 radical (unpaired) electrons. The van der Waals surface area contributed by atoms with Gasteiger partial charge in [0.1, 0.15) is 0 Å². The molecule has 7 heteroatoms. The summed E-state index contributed by atoms with van der Waals surface area (Å²) in [5.41, 5.74) is 0.151. The first-order valence-electron chi connectivity index (χ1n) is 12.1. The Morgan fingerprint density at radius 1 is 0.606 bits per heavy atom. The third-order valence-corrected chi connectivity index (χ3v) is 4.97. The summed E-state index contributed by atoms with van der Waals surface area (Å²) in [7, 11) is 0. The summed E-state index contributed by atoms with van der Waals surface area (Å²) in [6, 6.07) is 0. The second-order valence-corrected chi connectivity index (χ2v) is 9.72. The van der Waals surface area contributed by atoms with Gasteiger partial charge in [0.25, 0.3) is 0 Å². The molecule has 0 aromatic carbocycles. The molecule has 0 saturated heterocycles. The van der Waals surface area contributed by atoms with Crippen molar-refractivity contribution < 1.29 is 29.1 Å². The van der Waals surface area contributed by atoms with E-state index in [1.54, 1.807) is 0 Å². The number of carbonyl (C=O) groups excluding carboxylic acids is 2. The molecular weight excluding hydrogens is 501 g/mol. The SMILES string of the molecule is CCC[N-]C([N-]C(C)(C)CC)C(C)C.CCC[N-]C([N-]C(C)(C)CC)C(C)C.[CH-]=O.[CH-]=O.[Ru+6]. The Kier molecular flexibility index (Phi) is 34.3. The van der Waals surface area contributed by atoms with Crippen LogP contribution in [-0.2, 0) is 29.1 Å². The van der Waals surface area contributed by atoms with Crippen LogP contribution in [0.25, 0.3) is 21.3 Å². The Hall–Kier alpha value is -0.197. The molecule has 0 amide bonds. The van der Waals surface area contributed by atoms with Gasteiger partial charge in [-0.2, -0.15) is 13.1 Å². The Bertz CT molecular complexity index is 358. The Balaban J connectivity index is -0.000000134. The van der Waals surface area contributed by atoms with Crippen molar-refractivity contribution in [2.75, 3.05) is 13.1 Å². The smallest absolute Gasteiger partial charge is 0.678 e. The topological polar surface area (TPSA) is 90.5 Å². The van der Waals surface area contributed by atoms with E-state index in [1.165, 1.54) is 0 Å². The molecule has 0 aliphatic heterocycles. The fourth-order valence-electron chi connectivity index (χ4n) is 2.22. The van der Waals surface area contributed by atoms with Crippen molar-refractivity contribution in [2.24, 2.45) is 11.8 Å². The van der Waals surface area contributed by atoms with Crippen LogP contribution in [0.1, 0.15) is 109 Å². The van der Waals surface area contributed by atoms with Gasteiger partial charge in [0.2, 0.25) is 0 Å². The summed E-state index contributed by atoms with van der Waals surface area (Å²) in [5, 5.41) is 18.8. The molecule has 0 N–H and O–H groups in total. The average Bonchev–Trinajstić information content (AvgIpc) is 2.77. The van der Waals surface area contributed by atoms with Crippen LogP contribution in [0.4, 0.5) is 0 Å². The first-order valence-corrected chi connectivity index (χ1v) is 12.1. The molecule has 0 aromatic rings. The van der Waals surface area contributed by atoms with Gasteiger partial charge in [0.15, 0.2) is 0 Å². The van der Waals surface area contributed by atoms with Crippen molar-refractivity contribution in [2.45, 2.75) is 132 Å². The largest absolute Gasteiger partial charge is 6.00 e. The normalized spacial score (nSPS) is 12.8. The molecule has 33 heavy (non-hydrogen) atoms. The van der Waals surface area contributed by atoms with Crippen molar-refractivity contribution in [3.05, 3.63) is 21.3 Å². The van der Waals surface area contributed by atoms with Crippen LogP contribution in [0.3, 0.4) is 0 Å². The molecule has 198 valence electrons. The zero-order valence-corrected chi connectivity index (χ0v) is 25.4. The zero-order valence-electron chi connectivity index (χ0n) is 23.7. The van der Waals surface area contributed by atoms with Crippen LogP contribution in [0.15, 0.2) is 0 Å². The number of rotatable bonds is 14. The van der Waals surface area contributed by atoms with E-state index in [0.717, 1.165) is 38.8 Å². The van der Waals surface area contributed by atoms with Crippen molar-refractivity contribution in [3.63, 3.8) is 0 Å². The summed E-state index contributed by atoms with van der Waals surface area (Å²) in [6.07, 6.45) is 4.77. The molecule has 0 spiro atoms. The molecule has 0 bridgehead atoms. The van der Waals surface area contributed by atoms with E-state index in [-0.39, 0.29) is 42.9 Å². The minimum absolute atomic E-state index is 0. The summed E-state index contributed by atoms with van der Waals surface area (Å²) in [5.74, 6) is 1.04. The number of hydrogen-bond donors (Lipinski definition) is 0. The first-order chi connectivity index (χ1) is 14.9. The fraction of sp³-hybridized carbons (Fsp3) is 0.923. The monoisotopic (exact) mass is 556 g/mol. The number of nitrogens with zero attached hydrogens (tertiary/aromatic N) is 4. The van der Waals surface area contributed by atoms with Gasteiger partial charge in [-0.1, -0.05) is 121 Å². The first kappa shape index (κ1) is 42.9. The van der Waals surface area contributed by atoms with E-state index in [2.05, 4.69) is 107 Å². The van der Waals surface area contributed by atoms with Gasteiger partial charge in [0.05, 0.1) is 0 Å². The summed E-state index contributed by atoms with van der Waals surface area (Å²) >= 11 is 0. The molecule has 2 atom stereocenters. The van der Waals surface area contributed by atoms with Crippen LogP contribution in [0.2, 0.25) is 0 Å². The van der Waals surface area contributed by atoms with Crippen molar-refractivity contribution in [1.29, 1.82) is 0 Å². The van der Waals surface area contributed by atoms with E-state index in [4.69, 9.17) is 20.2 Å². The van der Waals surface area contributed by atoms with Gasteiger partial charge >= 0.3 is 19.5 Å².